The number of piperidine rings is 1. The smallest absolute Gasteiger partial charge is 0.416 e. The van der Waals surface area contributed by atoms with Crippen LogP contribution in [0.15, 0.2) is 24.3 Å². The molecule has 1 N–H and O–H groups in total. The van der Waals surface area contributed by atoms with Gasteiger partial charge in [-0.05, 0) is 43.7 Å². The van der Waals surface area contributed by atoms with E-state index in [1.54, 1.807) is 10.6 Å². The first-order valence-corrected chi connectivity index (χ1v) is 12.4. The average molecular weight is 523 g/mol. The van der Waals surface area contributed by atoms with Gasteiger partial charge in [0.05, 0.1) is 21.7 Å². The van der Waals surface area contributed by atoms with E-state index in [-0.39, 0.29) is 16.9 Å². The number of benzene rings is 1. The summed E-state index contributed by atoms with van der Waals surface area (Å²) >= 11 is 6.26. The fourth-order valence-electron chi connectivity index (χ4n) is 5.28. The standard InChI is InChI=1S/C26H30ClF3N4O2/c1-14(2)22-16(5)31-21-12-20(18-8-7-17(11-19(18)27)26(28,29)30)32-34(21)23(22)33-10-6-9-25(13-33,15(3)4)24(35)36/h7-8,11-12,14-15H,6,9-10,13H2,1-5H3,(H,35,36)/t25-/m1/s1. The maximum atomic E-state index is 13.1. The summed E-state index contributed by atoms with van der Waals surface area (Å²) in [5.74, 6) is -0.0296. The van der Waals surface area contributed by atoms with Crippen molar-refractivity contribution in [3.05, 3.63) is 46.1 Å². The van der Waals surface area contributed by atoms with Crippen LogP contribution in [0.2, 0.25) is 5.02 Å². The van der Waals surface area contributed by atoms with Gasteiger partial charge in [-0.3, -0.25) is 4.79 Å². The third-order valence-corrected chi connectivity index (χ3v) is 7.62. The Balaban J connectivity index is 1.90. The van der Waals surface area contributed by atoms with Gasteiger partial charge < -0.3 is 10.0 Å². The number of carboxylic acids is 1. The fourth-order valence-corrected chi connectivity index (χ4v) is 5.56. The molecular weight excluding hydrogens is 493 g/mol. The molecule has 1 atom stereocenters. The molecule has 1 fully saturated rings. The number of carboxylic acid groups (broad SMARTS) is 1. The average Bonchev–Trinajstić information content (AvgIpc) is 3.20. The quantitative estimate of drug-likeness (QED) is 0.398. The Bertz CT molecular complexity index is 1320. The number of rotatable bonds is 5. The van der Waals surface area contributed by atoms with Crippen LogP contribution in [0, 0.1) is 18.3 Å². The van der Waals surface area contributed by atoms with Gasteiger partial charge >= 0.3 is 12.1 Å². The van der Waals surface area contributed by atoms with E-state index in [2.05, 4.69) is 4.90 Å². The van der Waals surface area contributed by atoms with Crippen molar-refractivity contribution in [1.29, 1.82) is 0 Å². The second kappa shape index (κ2) is 9.25. The third-order valence-electron chi connectivity index (χ3n) is 7.31. The van der Waals surface area contributed by atoms with Crippen LogP contribution in [-0.2, 0) is 11.0 Å². The van der Waals surface area contributed by atoms with Gasteiger partial charge in [-0.2, -0.15) is 22.8 Å². The summed E-state index contributed by atoms with van der Waals surface area (Å²) in [5, 5.41) is 14.9. The van der Waals surface area contributed by atoms with Crippen LogP contribution >= 0.6 is 11.6 Å². The summed E-state index contributed by atoms with van der Waals surface area (Å²) in [5.41, 5.74) is 1.31. The molecule has 1 aliphatic heterocycles. The number of nitrogens with zero attached hydrogens (tertiary/aromatic N) is 4. The van der Waals surface area contributed by atoms with E-state index in [4.69, 9.17) is 21.7 Å². The maximum absolute atomic E-state index is 13.1. The summed E-state index contributed by atoms with van der Waals surface area (Å²) in [6.07, 6.45) is -3.20. The molecule has 1 saturated heterocycles. The van der Waals surface area contributed by atoms with E-state index in [1.165, 1.54) is 6.07 Å². The van der Waals surface area contributed by atoms with Crippen molar-refractivity contribution < 1.29 is 23.1 Å². The van der Waals surface area contributed by atoms with E-state index in [0.29, 0.717) is 42.8 Å². The highest BCUT2D eigenvalue weighted by Gasteiger charge is 2.46. The Kier molecular flexibility index (Phi) is 6.75. The lowest BCUT2D eigenvalue weighted by atomic mass is 9.71. The molecule has 0 radical (unpaired) electrons. The molecule has 1 aliphatic rings. The number of alkyl halides is 3. The Hall–Kier alpha value is -2.81. The molecule has 2 aromatic heterocycles. The first-order chi connectivity index (χ1) is 16.8. The minimum Gasteiger partial charge on any atom is -0.481 e. The van der Waals surface area contributed by atoms with E-state index in [9.17, 15) is 23.1 Å². The Labute approximate surface area is 213 Å². The second-order valence-corrected chi connectivity index (χ2v) is 10.6. The van der Waals surface area contributed by atoms with E-state index in [0.717, 1.165) is 29.2 Å². The molecule has 3 aromatic rings. The zero-order valence-corrected chi connectivity index (χ0v) is 21.7. The predicted molar refractivity (Wildman–Crippen MR) is 134 cm³/mol. The molecule has 10 heteroatoms. The van der Waals surface area contributed by atoms with Gasteiger partial charge in [-0.15, -0.1) is 0 Å². The molecule has 0 unspecified atom stereocenters. The normalized spacial score (nSPS) is 19.0. The molecule has 0 amide bonds. The van der Waals surface area contributed by atoms with Crippen molar-refractivity contribution >= 4 is 29.0 Å². The Morgan fingerprint density at radius 2 is 1.89 bits per heavy atom. The third kappa shape index (κ3) is 4.42. The number of fused-ring (bicyclic) bond motifs is 1. The van der Waals surface area contributed by atoms with Gasteiger partial charge in [0, 0.05) is 36.0 Å². The molecule has 6 nitrogen and oxygen atoms in total. The highest BCUT2D eigenvalue weighted by atomic mass is 35.5. The maximum Gasteiger partial charge on any atom is 0.416 e. The number of aliphatic carboxylic acids is 1. The zero-order valence-electron chi connectivity index (χ0n) is 20.9. The molecule has 3 heterocycles. The minimum atomic E-state index is -4.50. The van der Waals surface area contributed by atoms with Crippen LogP contribution in [0.5, 0.6) is 0 Å². The van der Waals surface area contributed by atoms with Gasteiger partial charge in [0.1, 0.15) is 5.82 Å². The van der Waals surface area contributed by atoms with Gasteiger partial charge in [-0.25, -0.2) is 4.98 Å². The molecule has 0 aliphatic carbocycles. The highest BCUT2D eigenvalue weighted by Crippen LogP contribution is 2.42. The van der Waals surface area contributed by atoms with E-state index >= 15 is 0 Å². The number of carbonyl (C=O) groups is 1. The van der Waals surface area contributed by atoms with Crippen molar-refractivity contribution in [2.24, 2.45) is 11.3 Å². The molecule has 0 bridgehead atoms. The summed E-state index contributed by atoms with van der Waals surface area (Å²) in [4.78, 5) is 19.2. The van der Waals surface area contributed by atoms with Crippen LogP contribution in [-0.4, -0.2) is 38.8 Å². The monoisotopic (exact) mass is 522 g/mol. The lowest BCUT2D eigenvalue weighted by Gasteiger charge is -2.44. The molecular formula is C26H30ClF3N4O2. The van der Waals surface area contributed by atoms with Crippen LogP contribution in [0.4, 0.5) is 19.0 Å². The summed E-state index contributed by atoms with van der Waals surface area (Å²) in [6, 6.07) is 4.90. The first-order valence-electron chi connectivity index (χ1n) is 12.0. The van der Waals surface area contributed by atoms with Gasteiger partial charge in [-0.1, -0.05) is 45.4 Å². The predicted octanol–water partition coefficient (Wildman–Crippen LogP) is 6.83. The first kappa shape index (κ1) is 26.3. The van der Waals surface area contributed by atoms with E-state index in [1.807, 2.05) is 34.6 Å². The largest absolute Gasteiger partial charge is 0.481 e. The number of aryl methyl sites for hydroxylation is 1. The lowest BCUT2D eigenvalue weighted by molar-refractivity contribution is -0.152. The molecule has 0 saturated carbocycles. The lowest BCUT2D eigenvalue weighted by Crippen LogP contribution is -2.51. The van der Waals surface area contributed by atoms with Crippen LogP contribution in [0.3, 0.4) is 0 Å². The minimum absolute atomic E-state index is 0.0572. The van der Waals surface area contributed by atoms with Crippen molar-refractivity contribution in [3.63, 3.8) is 0 Å². The molecule has 1 aromatic carbocycles. The van der Waals surface area contributed by atoms with Crippen molar-refractivity contribution in [2.75, 3.05) is 18.0 Å². The van der Waals surface area contributed by atoms with Gasteiger partial charge in [0.2, 0.25) is 0 Å². The number of hydrogen-bond donors (Lipinski definition) is 1. The van der Waals surface area contributed by atoms with Crippen molar-refractivity contribution in [2.45, 2.75) is 59.6 Å². The van der Waals surface area contributed by atoms with E-state index < -0.39 is 23.1 Å². The fraction of sp³-hybridized carbons (Fsp3) is 0.500. The molecule has 36 heavy (non-hydrogen) atoms. The number of aromatic nitrogens is 3. The van der Waals surface area contributed by atoms with Crippen LogP contribution in [0.25, 0.3) is 16.9 Å². The highest BCUT2D eigenvalue weighted by molar-refractivity contribution is 6.33. The van der Waals surface area contributed by atoms with Crippen LogP contribution < -0.4 is 4.90 Å². The van der Waals surface area contributed by atoms with Gasteiger partial charge in [0.25, 0.3) is 0 Å². The number of halogens is 4. The molecule has 194 valence electrons. The zero-order chi connectivity index (χ0) is 26.6. The summed E-state index contributed by atoms with van der Waals surface area (Å²) in [6.45, 7) is 10.9. The summed E-state index contributed by atoms with van der Waals surface area (Å²) < 4.78 is 41.1. The topological polar surface area (TPSA) is 70.7 Å². The molecule has 4 rings (SSSR count). The van der Waals surface area contributed by atoms with Crippen molar-refractivity contribution in [3.8, 4) is 11.3 Å². The Morgan fingerprint density at radius 1 is 1.19 bits per heavy atom. The molecule has 0 spiro atoms. The SMILES string of the molecule is Cc1nc2cc(-c3ccc(C(F)(F)F)cc3Cl)nn2c(N2CCC[C@](C(=O)O)(C(C)C)C2)c1C(C)C. The van der Waals surface area contributed by atoms with Crippen molar-refractivity contribution in [1.82, 2.24) is 14.6 Å². The second-order valence-electron chi connectivity index (χ2n) is 10.2. The number of hydrogen-bond acceptors (Lipinski definition) is 4. The summed E-state index contributed by atoms with van der Waals surface area (Å²) in [7, 11) is 0. The number of anilines is 1. The van der Waals surface area contributed by atoms with Gasteiger partial charge in [0.15, 0.2) is 5.65 Å². The Morgan fingerprint density at radius 3 is 2.44 bits per heavy atom. The van der Waals surface area contributed by atoms with Crippen LogP contribution in [0.1, 0.15) is 63.3 Å².